The maximum Gasteiger partial charge on any atom is 0.261 e. The summed E-state index contributed by atoms with van der Waals surface area (Å²) in [5.74, 6) is -2.57. The zero-order valence-corrected chi connectivity index (χ0v) is 34.6. The van der Waals surface area contributed by atoms with Crippen molar-refractivity contribution >= 4 is 58.1 Å². The van der Waals surface area contributed by atoms with E-state index in [1.165, 1.54) is 4.90 Å². The molecule has 6 rings (SSSR count). The molecule has 1 aromatic heterocycles. The maximum atomic E-state index is 13.9. The van der Waals surface area contributed by atoms with E-state index in [1.807, 2.05) is 73.7 Å². The number of allylic oxidation sites excluding steroid dienone is 1. The summed E-state index contributed by atoms with van der Waals surface area (Å²) in [6.45, 7) is 8.58. The molecule has 1 saturated heterocycles. The molecule has 8 nitrogen and oxygen atoms in total. The Hall–Kier alpha value is -4.19. The molecule has 4 atom stereocenters. The lowest BCUT2D eigenvalue weighted by Gasteiger charge is -2.44. The van der Waals surface area contributed by atoms with E-state index in [0.717, 1.165) is 26.0 Å². The summed E-state index contributed by atoms with van der Waals surface area (Å²) in [6.07, 6.45) is 4.01. The smallest absolute Gasteiger partial charge is 0.261 e. The number of fused-ring (bicyclic) bond motifs is 1. The number of pyridine rings is 1. The molecule has 3 aromatic carbocycles. The van der Waals surface area contributed by atoms with E-state index >= 15 is 0 Å². The molecule has 4 aromatic rings. The summed E-state index contributed by atoms with van der Waals surface area (Å²) >= 11 is 3.50. The van der Waals surface area contributed by atoms with Crippen molar-refractivity contribution in [2.45, 2.75) is 64.5 Å². The normalized spacial score (nSPS) is 19.9. The minimum absolute atomic E-state index is 0.113. The second-order valence-electron chi connectivity index (χ2n) is 15.6. The van der Waals surface area contributed by atoms with Crippen LogP contribution in [0.15, 0.2) is 119 Å². The number of aromatic hydroxyl groups is 1. The topological polar surface area (TPSA) is 120 Å². The second-order valence-corrected chi connectivity index (χ2v) is 20.8. The number of aliphatic hydroxyl groups excluding tert-OH is 2. The van der Waals surface area contributed by atoms with Crippen molar-refractivity contribution in [3.63, 3.8) is 0 Å². The summed E-state index contributed by atoms with van der Waals surface area (Å²) in [4.78, 5) is 33.8. The molecule has 0 spiro atoms. The number of imide groups is 1. The van der Waals surface area contributed by atoms with E-state index in [-0.39, 0.29) is 42.1 Å². The van der Waals surface area contributed by atoms with Gasteiger partial charge in [-0.3, -0.25) is 19.5 Å². The second kappa shape index (κ2) is 17.3. The lowest BCUT2D eigenvalue weighted by molar-refractivity contribution is -0.140. The predicted octanol–water partition coefficient (Wildman–Crippen LogP) is 7.13. The fourth-order valence-corrected chi connectivity index (χ4v) is 13.6. The Bertz CT molecular complexity index is 1990. The monoisotopic (exact) mass is 822 g/mol. The van der Waals surface area contributed by atoms with Gasteiger partial charge in [-0.2, -0.15) is 0 Å². The van der Waals surface area contributed by atoms with Crippen molar-refractivity contribution in [2.75, 3.05) is 19.8 Å². The molecule has 288 valence electrons. The number of amides is 2. The van der Waals surface area contributed by atoms with Gasteiger partial charge in [0.1, 0.15) is 5.75 Å². The van der Waals surface area contributed by atoms with Crippen LogP contribution >= 0.6 is 15.9 Å². The van der Waals surface area contributed by atoms with Crippen molar-refractivity contribution in [3.8, 4) is 5.75 Å². The minimum Gasteiger partial charge on any atom is -0.507 e. The molecule has 0 unspecified atom stereocenters. The minimum atomic E-state index is -3.04. The SMILES string of the molecule is CCCN1C(=O)[C@@H]2[C@@H](CC(CO[Si](c3ccccc3)(c3ccccc3)C(C)(C)C)=C([C@H](O)CC/C(=C/c3cc(Br)ccc3O)c3ccccn3)[C@@H]2CO)C1=O. The Balaban J connectivity index is 1.44. The fourth-order valence-electron chi connectivity index (χ4n) is 8.66. The number of hydrogen-bond donors (Lipinski definition) is 3. The maximum absolute atomic E-state index is 13.9. The molecule has 1 aliphatic heterocycles. The number of nitrogens with zero attached hydrogens (tertiary/aromatic N) is 2. The van der Waals surface area contributed by atoms with Gasteiger partial charge in [0.2, 0.25) is 11.8 Å². The standard InChI is InChI=1S/C45H51BrN2O6Si/c1-5-24-48-43(52)36-27-32(29-54-55(45(2,3)4,34-14-8-6-9-15-34)35-16-10-7-11-17-35)41(37(28-49)42(36)44(48)53)40(51)21-19-30(38-18-12-13-23-47-38)25-31-26-33(46)20-22-39(31)50/h6-18,20,22-23,25-26,36-37,40,42,49-51H,5,19,21,24,27-29H2,1-4H3/b30-25-/t36-,37+,40-,42-/m1/s1. The van der Waals surface area contributed by atoms with Crippen LogP contribution in [-0.4, -0.2) is 71.2 Å². The Labute approximate surface area is 333 Å². The summed E-state index contributed by atoms with van der Waals surface area (Å²) in [7, 11) is -3.04. The number of likely N-dealkylation sites (tertiary alicyclic amines) is 1. The molecular weight excluding hydrogens is 772 g/mol. The number of carbonyl (C=O) groups is 2. The van der Waals surface area contributed by atoms with Crippen LogP contribution in [0.3, 0.4) is 0 Å². The van der Waals surface area contributed by atoms with Gasteiger partial charge in [-0.05, 0) is 94.2 Å². The van der Waals surface area contributed by atoms with Gasteiger partial charge in [-0.1, -0.05) is 110 Å². The van der Waals surface area contributed by atoms with Crippen molar-refractivity contribution in [3.05, 3.63) is 130 Å². The van der Waals surface area contributed by atoms with Crippen LogP contribution in [0.4, 0.5) is 0 Å². The van der Waals surface area contributed by atoms with Crippen LogP contribution in [0.25, 0.3) is 11.6 Å². The van der Waals surface area contributed by atoms with E-state index in [2.05, 4.69) is 66.0 Å². The van der Waals surface area contributed by atoms with Gasteiger partial charge in [0, 0.05) is 28.7 Å². The number of halogens is 1. The number of aliphatic hydroxyl groups is 2. The molecule has 0 bridgehead atoms. The van der Waals surface area contributed by atoms with Crippen molar-refractivity contribution in [1.82, 2.24) is 9.88 Å². The fraction of sp³-hybridized carbons (Fsp3) is 0.356. The number of rotatable bonds is 14. The average molecular weight is 824 g/mol. The number of benzene rings is 3. The molecular formula is C45H51BrN2O6Si. The van der Waals surface area contributed by atoms with Gasteiger partial charge < -0.3 is 19.7 Å². The zero-order chi connectivity index (χ0) is 39.3. The highest BCUT2D eigenvalue weighted by molar-refractivity contribution is 9.10. The van der Waals surface area contributed by atoms with Crippen LogP contribution in [-0.2, 0) is 14.0 Å². The highest BCUT2D eigenvalue weighted by Gasteiger charge is 2.56. The molecule has 2 heterocycles. The van der Waals surface area contributed by atoms with Crippen molar-refractivity contribution in [2.24, 2.45) is 17.8 Å². The van der Waals surface area contributed by atoms with Gasteiger partial charge >= 0.3 is 0 Å². The van der Waals surface area contributed by atoms with Crippen LogP contribution in [0.5, 0.6) is 5.75 Å². The van der Waals surface area contributed by atoms with Crippen molar-refractivity contribution < 1.29 is 29.3 Å². The summed E-state index contributed by atoms with van der Waals surface area (Å²) < 4.78 is 8.20. The third kappa shape index (κ3) is 8.20. The zero-order valence-electron chi connectivity index (χ0n) is 32.0. The average Bonchev–Trinajstić information content (AvgIpc) is 3.42. The van der Waals surface area contributed by atoms with Crippen molar-refractivity contribution in [1.29, 1.82) is 0 Å². The predicted molar refractivity (Wildman–Crippen MR) is 223 cm³/mol. The highest BCUT2D eigenvalue weighted by Crippen LogP contribution is 2.47. The molecule has 55 heavy (non-hydrogen) atoms. The first kappa shape index (κ1) is 40.5. The number of hydrogen-bond acceptors (Lipinski definition) is 7. The van der Waals surface area contributed by atoms with Crippen LogP contribution < -0.4 is 10.4 Å². The summed E-state index contributed by atoms with van der Waals surface area (Å²) in [6, 6.07) is 31.4. The Morgan fingerprint density at radius 2 is 1.64 bits per heavy atom. The van der Waals surface area contributed by atoms with Gasteiger partial charge in [0.15, 0.2) is 0 Å². The van der Waals surface area contributed by atoms with Crippen LogP contribution in [0, 0.1) is 17.8 Å². The van der Waals surface area contributed by atoms with Gasteiger partial charge in [-0.15, -0.1) is 0 Å². The molecule has 2 aliphatic rings. The van der Waals surface area contributed by atoms with E-state index in [9.17, 15) is 24.9 Å². The molecule has 3 N–H and O–H groups in total. The van der Waals surface area contributed by atoms with Gasteiger partial charge in [-0.25, -0.2) is 0 Å². The molecule has 10 heteroatoms. The molecule has 1 fully saturated rings. The number of aromatic nitrogens is 1. The number of phenolic OH excluding ortho intramolecular Hbond substituents is 1. The summed E-state index contributed by atoms with van der Waals surface area (Å²) in [5.41, 5.74) is 3.44. The number of carbonyl (C=O) groups excluding carboxylic acids is 2. The number of phenols is 1. The van der Waals surface area contributed by atoms with E-state index in [1.54, 1.807) is 18.3 Å². The molecule has 0 saturated carbocycles. The Kier molecular flexibility index (Phi) is 12.7. The van der Waals surface area contributed by atoms with Gasteiger partial charge in [0.25, 0.3) is 8.32 Å². The van der Waals surface area contributed by atoms with Crippen LogP contribution in [0.2, 0.25) is 5.04 Å². The Morgan fingerprint density at radius 1 is 0.982 bits per heavy atom. The first-order valence-corrected chi connectivity index (χ1v) is 21.8. The third-order valence-corrected chi connectivity index (χ3v) is 16.6. The molecule has 0 radical (unpaired) electrons. The van der Waals surface area contributed by atoms with E-state index in [4.69, 9.17) is 4.43 Å². The van der Waals surface area contributed by atoms with E-state index < -0.39 is 38.8 Å². The first-order chi connectivity index (χ1) is 26.4. The lowest BCUT2D eigenvalue weighted by Crippen LogP contribution is -2.66. The lowest BCUT2D eigenvalue weighted by atomic mass is 9.68. The Morgan fingerprint density at radius 3 is 2.22 bits per heavy atom. The third-order valence-electron chi connectivity index (χ3n) is 11.2. The van der Waals surface area contributed by atoms with E-state index in [0.29, 0.717) is 36.2 Å². The van der Waals surface area contributed by atoms with Gasteiger partial charge in [0.05, 0.1) is 36.8 Å². The quantitative estimate of drug-likeness (QED) is 0.0704. The molecule has 2 amide bonds. The highest BCUT2D eigenvalue weighted by atomic mass is 79.9. The molecule has 1 aliphatic carbocycles. The largest absolute Gasteiger partial charge is 0.507 e. The van der Waals surface area contributed by atoms with Crippen LogP contribution in [0.1, 0.15) is 64.6 Å². The first-order valence-electron chi connectivity index (χ1n) is 19.1. The summed E-state index contributed by atoms with van der Waals surface area (Å²) in [5, 5.41) is 36.0.